The Hall–Kier alpha value is -1.72. The number of nitrogens with zero attached hydrogens (tertiary/aromatic N) is 3. The average molecular weight is 259 g/mol. The van der Waals surface area contributed by atoms with Gasteiger partial charge in [0.2, 0.25) is 0 Å². The van der Waals surface area contributed by atoms with E-state index in [1.807, 2.05) is 35.2 Å². The molecule has 0 aliphatic heterocycles. The van der Waals surface area contributed by atoms with Crippen molar-refractivity contribution in [3.8, 4) is 0 Å². The Bertz CT molecular complexity index is 645. The van der Waals surface area contributed by atoms with Crippen LogP contribution in [0.2, 0.25) is 0 Å². The molecule has 1 atom stereocenters. The molecule has 0 aliphatic rings. The normalized spacial score (nSPS) is 13.0. The van der Waals surface area contributed by atoms with Crippen LogP contribution in [-0.2, 0) is 6.42 Å². The lowest BCUT2D eigenvalue weighted by Crippen LogP contribution is -2.04. The molecular formula is C13H13N3OS. The summed E-state index contributed by atoms with van der Waals surface area (Å²) < 4.78 is 1.98. The van der Waals surface area contributed by atoms with E-state index >= 15 is 0 Å². The predicted octanol–water partition coefficient (Wildman–Crippen LogP) is 2.38. The summed E-state index contributed by atoms with van der Waals surface area (Å²) in [6.07, 6.45) is 7.41. The smallest absolute Gasteiger partial charge is 0.193 e. The van der Waals surface area contributed by atoms with Crippen LogP contribution in [0.15, 0.2) is 36.2 Å². The number of aliphatic hydroxyl groups is 1. The number of pyridine rings is 1. The maximum absolute atomic E-state index is 10.2. The molecule has 5 heteroatoms. The fraction of sp³-hybridized carbons (Fsp3) is 0.231. The number of hydrogen-bond acceptors (Lipinski definition) is 4. The lowest BCUT2D eigenvalue weighted by Gasteiger charge is -2.11. The Morgan fingerprint density at radius 3 is 3.17 bits per heavy atom. The molecule has 0 spiro atoms. The summed E-state index contributed by atoms with van der Waals surface area (Å²) in [5.41, 5.74) is 2.83. The summed E-state index contributed by atoms with van der Waals surface area (Å²) in [5.74, 6) is 0. The third-order valence-electron chi connectivity index (χ3n) is 2.97. The Morgan fingerprint density at radius 2 is 2.39 bits per heavy atom. The second-order valence-corrected chi connectivity index (χ2v) is 5.15. The molecular weight excluding hydrogens is 246 g/mol. The van der Waals surface area contributed by atoms with Crippen LogP contribution in [0.3, 0.4) is 0 Å². The van der Waals surface area contributed by atoms with Crippen molar-refractivity contribution in [3.05, 3.63) is 53.1 Å². The molecule has 1 unspecified atom stereocenters. The highest BCUT2D eigenvalue weighted by molar-refractivity contribution is 7.15. The first-order valence-corrected chi connectivity index (χ1v) is 6.61. The van der Waals surface area contributed by atoms with Crippen LogP contribution < -0.4 is 0 Å². The first kappa shape index (κ1) is 11.4. The van der Waals surface area contributed by atoms with E-state index in [9.17, 15) is 5.11 Å². The highest BCUT2D eigenvalue weighted by Gasteiger charge is 2.13. The zero-order valence-electron chi connectivity index (χ0n) is 9.95. The minimum Gasteiger partial charge on any atom is -0.388 e. The maximum Gasteiger partial charge on any atom is 0.193 e. The molecule has 3 heterocycles. The summed E-state index contributed by atoms with van der Waals surface area (Å²) in [7, 11) is 0. The standard InChI is InChI=1S/C13H13N3OS/c1-9-7-14-3-2-11(9)12(17)6-10-8-16-4-5-18-13(16)15-10/h2-5,7-8,12,17H,6H2,1H3. The van der Waals surface area contributed by atoms with Gasteiger partial charge in [-0.05, 0) is 24.1 Å². The van der Waals surface area contributed by atoms with Crippen molar-refractivity contribution >= 4 is 16.3 Å². The number of aryl methyl sites for hydroxylation is 1. The summed E-state index contributed by atoms with van der Waals surface area (Å²) >= 11 is 1.59. The number of imidazole rings is 1. The maximum atomic E-state index is 10.2. The zero-order valence-corrected chi connectivity index (χ0v) is 10.8. The van der Waals surface area contributed by atoms with E-state index in [2.05, 4.69) is 9.97 Å². The van der Waals surface area contributed by atoms with Gasteiger partial charge in [-0.3, -0.25) is 9.38 Å². The molecule has 0 aromatic carbocycles. The predicted molar refractivity (Wildman–Crippen MR) is 70.7 cm³/mol. The van der Waals surface area contributed by atoms with Crippen molar-refractivity contribution in [2.45, 2.75) is 19.4 Å². The van der Waals surface area contributed by atoms with Crippen molar-refractivity contribution in [1.82, 2.24) is 14.4 Å². The molecule has 1 N–H and O–H groups in total. The van der Waals surface area contributed by atoms with Gasteiger partial charge in [0.15, 0.2) is 4.96 Å². The van der Waals surface area contributed by atoms with Crippen LogP contribution in [0.4, 0.5) is 0 Å². The lowest BCUT2D eigenvalue weighted by molar-refractivity contribution is 0.176. The van der Waals surface area contributed by atoms with Gasteiger partial charge in [0, 0.05) is 36.6 Å². The number of rotatable bonds is 3. The number of fused-ring (bicyclic) bond motifs is 1. The molecule has 0 saturated heterocycles. The Kier molecular flexibility index (Phi) is 2.85. The van der Waals surface area contributed by atoms with Gasteiger partial charge in [-0.15, -0.1) is 11.3 Å². The molecule has 0 aliphatic carbocycles. The minimum atomic E-state index is -0.530. The van der Waals surface area contributed by atoms with Crippen LogP contribution >= 0.6 is 11.3 Å². The van der Waals surface area contributed by atoms with Crippen LogP contribution in [0, 0.1) is 6.92 Å². The van der Waals surface area contributed by atoms with E-state index in [0.717, 1.165) is 21.8 Å². The van der Waals surface area contributed by atoms with E-state index in [0.29, 0.717) is 6.42 Å². The third kappa shape index (κ3) is 2.02. The molecule has 3 aromatic rings. The van der Waals surface area contributed by atoms with Crippen molar-refractivity contribution in [3.63, 3.8) is 0 Å². The first-order valence-electron chi connectivity index (χ1n) is 5.73. The van der Waals surface area contributed by atoms with E-state index in [4.69, 9.17) is 0 Å². The van der Waals surface area contributed by atoms with Crippen molar-refractivity contribution in [2.75, 3.05) is 0 Å². The number of aliphatic hydroxyl groups excluding tert-OH is 1. The van der Waals surface area contributed by atoms with Crippen LogP contribution in [-0.4, -0.2) is 19.5 Å². The van der Waals surface area contributed by atoms with Crippen molar-refractivity contribution < 1.29 is 5.11 Å². The largest absolute Gasteiger partial charge is 0.388 e. The molecule has 0 saturated carbocycles. The van der Waals surface area contributed by atoms with Crippen molar-refractivity contribution in [2.24, 2.45) is 0 Å². The van der Waals surface area contributed by atoms with Crippen LogP contribution in [0.5, 0.6) is 0 Å². The van der Waals surface area contributed by atoms with Crippen LogP contribution in [0.25, 0.3) is 4.96 Å². The molecule has 0 bridgehead atoms. The number of aromatic nitrogens is 3. The molecule has 92 valence electrons. The second-order valence-electron chi connectivity index (χ2n) is 4.28. The number of thiazole rings is 1. The molecule has 0 fully saturated rings. The molecule has 3 aromatic heterocycles. The van der Waals surface area contributed by atoms with Gasteiger partial charge in [-0.25, -0.2) is 4.98 Å². The van der Waals surface area contributed by atoms with E-state index in [-0.39, 0.29) is 0 Å². The summed E-state index contributed by atoms with van der Waals surface area (Å²) in [4.78, 5) is 9.47. The fourth-order valence-corrected chi connectivity index (χ4v) is 2.76. The van der Waals surface area contributed by atoms with Gasteiger partial charge < -0.3 is 5.11 Å². The minimum absolute atomic E-state index is 0.527. The van der Waals surface area contributed by atoms with Gasteiger partial charge in [-0.2, -0.15) is 0 Å². The molecule has 3 rings (SSSR count). The zero-order chi connectivity index (χ0) is 12.5. The second kappa shape index (κ2) is 4.51. The lowest BCUT2D eigenvalue weighted by atomic mass is 10.0. The van der Waals surface area contributed by atoms with Crippen molar-refractivity contribution in [1.29, 1.82) is 0 Å². The topological polar surface area (TPSA) is 50.4 Å². The van der Waals surface area contributed by atoms with Gasteiger partial charge in [-0.1, -0.05) is 0 Å². The van der Waals surface area contributed by atoms with E-state index in [1.54, 1.807) is 23.7 Å². The van der Waals surface area contributed by atoms with E-state index in [1.165, 1.54) is 0 Å². The molecule has 0 amide bonds. The molecule has 0 radical (unpaired) electrons. The summed E-state index contributed by atoms with van der Waals surface area (Å²) in [5, 5.41) is 12.2. The number of hydrogen-bond donors (Lipinski definition) is 1. The average Bonchev–Trinajstić information content (AvgIpc) is 2.90. The van der Waals surface area contributed by atoms with Gasteiger partial charge >= 0.3 is 0 Å². The highest BCUT2D eigenvalue weighted by atomic mass is 32.1. The van der Waals surface area contributed by atoms with E-state index < -0.39 is 6.10 Å². The highest BCUT2D eigenvalue weighted by Crippen LogP contribution is 2.21. The van der Waals surface area contributed by atoms with Crippen LogP contribution in [0.1, 0.15) is 22.9 Å². The van der Waals surface area contributed by atoms with Gasteiger partial charge in [0.05, 0.1) is 11.8 Å². The quantitative estimate of drug-likeness (QED) is 0.785. The summed E-state index contributed by atoms with van der Waals surface area (Å²) in [6.45, 7) is 1.96. The molecule has 4 nitrogen and oxygen atoms in total. The van der Waals surface area contributed by atoms with Gasteiger partial charge in [0.1, 0.15) is 0 Å². The SMILES string of the molecule is Cc1cnccc1C(O)Cc1cn2ccsc2n1. The molecule has 18 heavy (non-hydrogen) atoms. The Balaban J connectivity index is 1.84. The first-order chi connectivity index (χ1) is 8.74. The fourth-order valence-electron chi connectivity index (χ4n) is 2.04. The summed E-state index contributed by atoms with van der Waals surface area (Å²) in [6, 6.07) is 1.86. The third-order valence-corrected chi connectivity index (χ3v) is 3.74. The monoisotopic (exact) mass is 259 g/mol. The Morgan fingerprint density at radius 1 is 1.50 bits per heavy atom. The van der Waals surface area contributed by atoms with Gasteiger partial charge in [0.25, 0.3) is 0 Å². The Labute approximate surface area is 109 Å².